The molecule has 2 N–H and O–H groups in total. The van der Waals surface area contributed by atoms with E-state index in [2.05, 4.69) is 5.32 Å². The normalized spacial score (nSPS) is 14.0. The van der Waals surface area contributed by atoms with Crippen LogP contribution in [0.3, 0.4) is 0 Å². The molecular weight excluding hydrogens is 414 g/mol. The molecule has 0 spiro atoms. The molecule has 1 atom stereocenters. The number of benzene rings is 2. The Morgan fingerprint density at radius 1 is 1.19 bits per heavy atom. The van der Waals surface area contributed by atoms with Crippen LogP contribution in [0.2, 0.25) is 0 Å². The van der Waals surface area contributed by atoms with Crippen LogP contribution in [0.15, 0.2) is 36.4 Å². The van der Waals surface area contributed by atoms with Gasteiger partial charge in [-0.15, -0.1) is 0 Å². The molecule has 164 valence electrons. The van der Waals surface area contributed by atoms with Gasteiger partial charge in [0.25, 0.3) is 12.3 Å². The SMILES string of the molecule is CC(C)C(NC(=O)c1ccc2c(c1C(F)F)B(O)OC2)C(=O)OCc1ccc(F)cc1. The number of carbonyl (C=O) groups is 2. The van der Waals surface area contributed by atoms with Crippen molar-refractivity contribution in [2.75, 3.05) is 0 Å². The van der Waals surface area contributed by atoms with Crippen molar-refractivity contribution in [2.24, 2.45) is 5.92 Å². The third-order valence-corrected chi connectivity index (χ3v) is 4.99. The number of hydrogen-bond donors (Lipinski definition) is 2. The van der Waals surface area contributed by atoms with Crippen molar-refractivity contribution in [3.05, 3.63) is 64.5 Å². The molecule has 1 amide bonds. The molecular formula is C21H21BF3NO5. The minimum Gasteiger partial charge on any atom is -0.459 e. The highest BCUT2D eigenvalue weighted by Gasteiger charge is 2.37. The van der Waals surface area contributed by atoms with E-state index in [0.29, 0.717) is 11.1 Å². The van der Waals surface area contributed by atoms with Gasteiger partial charge in [-0.25, -0.2) is 18.0 Å². The van der Waals surface area contributed by atoms with Crippen LogP contribution in [0.4, 0.5) is 13.2 Å². The molecule has 10 heteroatoms. The van der Waals surface area contributed by atoms with Gasteiger partial charge >= 0.3 is 13.1 Å². The minimum absolute atomic E-state index is 0.0392. The molecule has 0 saturated carbocycles. The fourth-order valence-electron chi connectivity index (χ4n) is 3.33. The van der Waals surface area contributed by atoms with Gasteiger partial charge in [-0.3, -0.25) is 4.79 Å². The molecule has 31 heavy (non-hydrogen) atoms. The van der Waals surface area contributed by atoms with Gasteiger partial charge in [0.2, 0.25) is 0 Å². The lowest BCUT2D eigenvalue weighted by atomic mass is 9.74. The van der Waals surface area contributed by atoms with E-state index in [-0.39, 0.29) is 24.2 Å². The maximum Gasteiger partial charge on any atom is 0.492 e. The Hall–Kier alpha value is -2.85. The smallest absolute Gasteiger partial charge is 0.459 e. The number of halogens is 3. The number of rotatable bonds is 7. The predicted octanol–water partition coefficient (Wildman–Crippen LogP) is 2.48. The zero-order valence-corrected chi connectivity index (χ0v) is 16.9. The number of alkyl halides is 2. The number of ether oxygens (including phenoxy) is 1. The summed E-state index contributed by atoms with van der Waals surface area (Å²) in [5, 5.41) is 12.3. The second-order valence-electron chi connectivity index (χ2n) is 7.49. The number of amides is 1. The Morgan fingerprint density at radius 3 is 2.48 bits per heavy atom. The fraction of sp³-hybridized carbons (Fsp3) is 0.333. The van der Waals surface area contributed by atoms with Gasteiger partial charge in [0.05, 0.1) is 6.61 Å². The van der Waals surface area contributed by atoms with Crippen molar-refractivity contribution in [3.63, 3.8) is 0 Å². The summed E-state index contributed by atoms with van der Waals surface area (Å²) in [4.78, 5) is 25.3. The molecule has 0 aliphatic carbocycles. The summed E-state index contributed by atoms with van der Waals surface area (Å²) in [6.45, 7) is 3.15. The summed E-state index contributed by atoms with van der Waals surface area (Å²) in [5.74, 6) is -2.48. The number of fused-ring (bicyclic) bond motifs is 1. The first kappa shape index (κ1) is 22.8. The fourth-order valence-corrected chi connectivity index (χ4v) is 3.33. The molecule has 1 unspecified atom stereocenters. The summed E-state index contributed by atoms with van der Waals surface area (Å²) in [5.41, 5.74) is -0.172. The van der Waals surface area contributed by atoms with Crippen molar-refractivity contribution in [2.45, 2.75) is 39.5 Å². The number of carbonyl (C=O) groups excluding carboxylic acids is 2. The lowest BCUT2D eigenvalue weighted by molar-refractivity contribution is -0.148. The Kier molecular flexibility index (Phi) is 7.02. The van der Waals surface area contributed by atoms with Gasteiger partial charge in [0, 0.05) is 11.1 Å². The molecule has 2 aromatic carbocycles. The Bertz CT molecular complexity index is 968. The van der Waals surface area contributed by atoms with E-state index >= 15 is 0 Å². The van der Waals surface area contributed by atoms with Crippen LogP contribution in [0.25, 0.3) is 0 Å². The van der Waals surface area contributed by atoms with Crippen LogP contribution in [0.1, 0.15) is 47.3 Å². The van der Waals surface area contributed by atoms with Crippen LogP contribution in [0.5, 0.6) is 0 Å². The van der Waals surface area contributed by atoms with E-state index in [1.807, 2.05) is 0 Å². The standard InChI is InChI=1S/C21H21BF3NO5/c1-11(2)18(21(28)30-9-12-3-6-14(23)7-4-12)26-20(27)15-8-5-13-10-31-22(29)17(13)16(15)19(24)25/h3-8,11,18-19,29H,9-10H2,1-2H3,(H,26,27). The Morgan fingerprint density at radius 2 is 1.87 bits per heavy atom. The molecule has 0 fully saturated rings. The summed E-state index contributed by atoms with van der Waals surface area (Å²) in [6, 6.07) is 6.91. The van der Waals surface area contributed by atoms with Crippen molar-refractivity contribution in [1.82, 2.24) is 5.32 Å². The molecule has 0 radical (unpaired) electrons. The van der Waals surface area contributed by atoms with Crippen molar-refractivity contribution >= 4 is 24.5 Å². The first-order valence-electron chi connectivity index (χ1n) is 9.64. The van der Waals surface area contributed by atoms with Crippen molar-refractivity contribution < 1.29 is 37.2 Å². The zero-order chi connectivity index (χ0) is 22.7. The predicted molar refractivity (Wildman–Crippen MR) is 106 cm³/mol. The molecule has 1 heterocycles. The topological polar surface area (TPSA) is 84.9 Å². The van der Waals surface area contributed by atoms with Gasteiger partial charge in [0.1, 0.15) is 18.5 Å². The van der Waals surface area contributed by atoms with Gasteiger partial charge in [-0.05, 0) is 40.7 Å². The zero-order valence-electron chi connectivity index (χ0n) is 16.9. The number of hydrogen-bond acceptors (Lipinski definition) is 5. The van der Waals surface area contributed by atoms with Crippen molar-refractivity contribution in [3.8, 4) is 0 Å². The maximum absolute atomic E-state index is 13.7. The van der Waals surface area contributed by atoms with Crippen molar-refractivity contribution in [1.29, 1.82) is 0 Å². The van der Waals surface area contributed by atoms with E-state index in [9.17, 15) is 27.8 Å². The third kappa shape index (κ3) is 5.08. The van der Waals surface area contributed by atoms with Gasteiger partial charge in [-0.1, -0.05) is 32.0 Å². The monoisotopic (exact) mass is 435 g/mol. The molecule has 6 nitrogen and oxygen atoms in total. The molecule has 1 aliphatic heterocycles. The van der Waals surface area contributed by atoms with E-state index in [1.165, 1.54) is 36.4 Å². The average Bonchev–Trinajstić information content (AvgIpc) is 3.11. The van der Waals surface area contributed by atoms with Gasteiger partial charge in [-0.2, -0.15) is 0 Å². The van der Waals surface area contributed by atoms with E-state index < -0.39 is 48.8 Å². The second kappa shape index (κ2) is 9.53. The molecule has 1 aliphatic rings. The van der Waals surface area contributed by atoms with Crippen LogP contribution in [-0.4, -0.2) is 30.1 Å². The Balaban J connectivity index is 1.77. The number of esters is 1. The summed E-state index contributed by atoms with van der Waals surface area (Å²) in [6.07, 6.45) is -3.03. The Labute approximate surface area is 177 Å². The molecule has 0 bridgehead atoms. The quantitative estimate of drug-likeness (QED) is 0.516. The lowest BCUT2D eigenvalue weighted by Gasteiger charge is -2.22. The van der Waals surface area contributed by atoms with Crippen LogP contribution < -0.4 is 10.8 Å². The largest absolute Gasteiger partial charge is 0.492 e. The molecule has 2 aromatic rings. The second-order valence-corrected chi connectivity index (χ2v) is 7.49. The van der Waals surface area contributed by atoms with Crippen LogP contribution in [0, 0.1) is 11.7 Å². The summed E-state index contributed by atoms with van der Waals surface area (Å²) in [7, 11) is -1.55. The third-order valence-electron chi connectivity index (χ3n) is 4.99. The lowest BCUT2D eigenvalue weighted by Crippen LogP contribution is -2.46. The summed E-state index contributed by atoms with van der Waals surface area (Å²) < 4.78 is 50.7. The van der Waals surface area contributed by atoms with E-state index in [4.69, 9.17) is 9.39 Å². The van der Waals surface area contributed by atoms with E-state index in [0.717, 1.165) is 0 Å². The number of nitrogens with one attached hydrogen (secondary N) is 1. The maximum atomic E-state index is 13.7. The molecule has 3 rings (SSSR count). The van der Waals surface area contributed by atoms with Gasteiger partial charge in [0.15, 0.2) is 0 Å². The average molecular weight is 435 g/mol. The minimum atomic E-state index is -3.03. The highest BCUT2D eigenvalue weighted by molar-refractivity contribution is 6.62. The highest BCUT2D eigenvalue weighted by atomic mass is 19.3. The van der Waals surface area contributed by atoms with Crippen LogP contribution in [-0.2, 0) is 27.4 Å². The molecule has 0 saturated heterocycles. The van der Waals surface area contributed by atoms with Crippen LogP contribution >= 0.6 is 0 Å². The van der Waals surface area contributed by atoms with Gasteiger partial charge < -0.3 is 19.7 Å². The van der Waals surface area contributed by atoms with E-state index in [1.54, 1.807) is 13.8 Å². The summed E-state index contributed by atoms with van der Waals surface area (Å²) >= 11 is 0. The highest BCUT2D eigenvalue weighted by Crippen LogP contribution is 2.26. The first-order valence-corrected chi connectivity index (χ1v) is 9.64. The first-order chi connectivity index (χ1) is 14.7. The molecule has 0 aromatic heterocycles.